The van der Waals surface area contributed by atoms with Gasteiger partial charge in [0.1, 0.15) is 0 Å². The van der Waals surface area contributed by atoms with Gasteiger partial charge in [0, 0.05) is 28.5 Å². The van der Waals surface area contributed by atoms with E-state index in [2.05, 4.69) is 33.2 Å². The smallest absolute Gasteiger partial charge is 0.226 e. The second-order valence-electron chi connectivity index (χ2n) is 4.50. The second kappa shape index (κ2) is 6.14. The lowest BCUT2D eigenvalue weighted by Gasteiger charge is -2.20. The fourth-order valence-electron chi connectivity index (χ4n) is 2.01. The number of anilines is 1. The molecule has 1 fully saturated rings. The molecule has 1 saturated heterocycles. The Balaban J connectivity index is 1.89. The molecule has 2 rings (SSSR count). The van der Waals surface area contributed by atoms with Gasteiger partial charge in [0.25, 0.3) is 0 Å². The summed E-state index contributed by atoms with van der Waals surface area (Å²) in [5.41, 5.74) is 0.719. The fraction of sp³-hybridized carbons (Fsp3) is 0.308. The summed E-state index contributed by atoms with van der Waals surface area (Å²) in [6, 6.07) is 7.43. The molecule has 6 heteroatoms. The summed E-state index contributed by atoms with van der Waals surface area (Å²) in [6.45, 7) is 0. The van der Waals surface area contributed by atoms with Crippen molar-refractivity contribution in [1.82, 2.24) is 5.32 Å². The summed E-state index contributed by atoms with van der Waals surface area (Å²) in [6.07, 6.45) is 0.642. The van der Waals surface area contributed by atoms with Crippen molar-refractivity contribution in [2.75, 3.05) is 5.32 Å². The maximum Gasteiger partial charge on any atom is 0.226 e. The van der Waals surface area contributed by atoms with E-state index in [9.17, 15) is 14.4 Å². The Morgan fingerprint density at radius 3 is 2.37 bits per heavy atom. The SMILES string of the molecule is O=C1CC(CC(=O)Nc2ccc(I)cc2)CC(=O)N1. The zero-order chi connectivity index (χ0) is 13.8. The van der Waals surface area contributed by atoms with E-state index in [0.29, 0.717) is 0 Å². The van der Waals surface area contributed by atoms with Gasteiger partial charge < -0.3 is 5.32 Å². The van der Waals surface area contributed by atoms with Gasteiger partial charge in [-0.05, 0) is 52.8 Å². The summed E-state index contributed by atoms with van der Waals surface area (Å²) in [5.74, 6) is -0.981. The topological polar surface area (TPSA) is 75.3 Å². The third kappa shape index (κ3) is 4.30. The number of hydrogen-bond acceptors (Lipinski definition) is 3. The molecule has 1 aliphatic rings. The number of amides is 3. The van der Waals surface area contributed by atoms with Gasteiger partial charge in [-0.15, -0.1) is 0 Å². The second-order valence-corrected chi connectivity index (χ2v) is 5.75. The van der Waals surface area contributed by atoms with Crippen LogP contribution in [0, 0.1) is 9.49 Å². The van der Waals surface area contributed by atoms with Crippen LogP contribution in [0.15, 0.2) is 24.3 Å². The number of piperidine rings is 1. The molecular formula is C13H13IN2O3. The highest BCUT2D eigenvalue weighted by Gasteiger charge is 2.26. The lowest BCUT2D eigenvalue weighted by atomic mass is 9.93. The molecule has 0 atom stereocenters. The van der Waals surface area contributed by atoms with E-state index in [4.69, 9.17) is 0 Å². The number of carbonyl (C=O) groups excluding carboxylic acids is 3. The van der Waals surface area contributed by atoms with Gasteiger partial charge in [0.2, 0.25) is 17.7 Å². The van der Waals surface area contributed by atoms with Crippen molar-refractivity contribution in [3.05, 3.63) is 27.8 Å². The first-order chi connectivity index (χ1) is 9.02. The van der Waals surface area contributed by atoms with Crippen molar-refractivity contribution in [3.8, 4) is 0 Å². The molecule has 19 heavy (non-hydrogen) atoms. The Morgan fingerprint density at radius 1 is 1.21 bits per heavy atom. The molecule has 2 N–H and O–H groups in total. The van der Waals surface area contributed by atoms with Crippen molar-refractivity contribution < 1.29 is 14.4 Å². The van der Waals surface area contributed by atoms with E-state index in [0.717, 1.165) is 9.26 Å². The largest absolute Gasteiger partial charge is 0.326 e. The highest BCUT2D eigenvalue weighted by atomic mass is 127. The van der Waals surface area contributed by atoms with E-state index in [1.54, 1.807) is 0 Å². The Hall–Kier alpha value is -1.44. The number of benzene rings is 1. The summed E-state index contributed by atoms with van der Waals surface area (Å²) in [4.78, 5) is 34.2. The fourth-order valence-corrected chi connectivity index (χ4v) is 2.37. The Bertz CT molecular complexity index is 497. The van der Waals surface area contributed by atoms with Gasteiger partial charge >= 0.3 is 0 Å². The zero-order valence-corrected chi connectivity index (χ0v) is 12.3. The first kappa shape index (κ1) is 14.0. The highest BCUT2D eigenvalue weighted by molar-refractivity contribution is 14.1. The molecule has 1 aromatic rings. The number of halogens is 1. The first-order valence-electron chi connectivity index (χ1n) is 5.91. The number of hydrogen-bond donors (Lipinski definition) is 2. The Labute approximate surface area is 124 Å². The average Bonchev–Trinajstić information content (AvgIpc) is 2.30. The van der Waals surface area contributed by atoms with Gasteiger partial charge in [-0.1, -0.05) is 0 Å². The monoisotopic (exact) mass is 372 g/mol. The van der Waals surface area contributed by atoms with Crippen molar-refractivity contribution in [2.24, 2.45) is 5.92 Å². The van der Waals surface area contributed by atoms with Crippen molar-refractivity contribution in [1.29, 1.82) is 0 Å². The molecule has 0 saturated carbocycles. The van der Waals surface area contributed by atoms with Gasteiger partial charge in [-0.25, -0.2) is 0 Å². The number of imide groups is 1. The zero-order valence-electron chi connectivity index (χ0n) is 10.1. The minimum atomic E-state index is -0.302. The van der Waals surface area contributed by atoms with Gasteiger partial charge in [-0.2, -0.15) is 0 Å². The van der Waals surface area contributed by atoms with Crippen LogP contribution < -0.4 is 10.6 Å². The molecule has 0 unspecified atom stereocenters. The normalized spacial score (nSPS) is 16.1. The summed E-state index contributed by atoms with van der Waals surface area (Å²) < 4.78 is 1.09. The molecule has 0 radical (unpaired) electrons. The van der Waals surface area contributed by atoms with Crippen LogP contribution in [0.3, 0.4) is 0 Å². The van der Waals surface area contributed by atoms with E-state index in [1.165, 1.54) is 0 Å². The van der Waals surface area contributed by atoms with Crippen LogP contribution in [0.1, 0.15) is 19.3 Å². The molecular weight excluding hydrogens is 359 g/mol. The van der Waals surface area contributed by atoms with Gasteiger partial charge in [-0.3, -0.25) is 19.7 Å². The van der Waals surface area contributed by atoms with Crippen LogP contribution in [0.4, 0.5) is 5.69 Å². The average molecular weight is 372 g/mol. The maximum atomic E-state index is 11.8. The lowest BCUT2D eigenvalue weighted by molar-refractivity contribution is -0.135. The molecule has 5 nitrogen and oxygen atoms in total. The molecule has 0 spiro atoms. The number of rotatable bonds is 3. The van der Waals surface area contributed by atoms with Crippen molar-refractivity contribution >= 4 is 46.0 Å². The minimum absolute atomic E-state index is 0.172. The van der Waals surface area contributed by atoms with E-state index < -0.39 is 0 Å². The Kier molecular flexibility index (Phi) is 4.52. The molecule has 1 aromatic carbocycles. The highest BCUT2D eigenvalue weighted by Crippen LogP contribution is 2.19. The van der Waals surface area contributed by atoms with Gasteiger partial charge in [0.15, 0.2) is 0 Å². The predicted octanol–water partition coefficient (Wildman–Crippen LogP) is 1.67. The summed E-state index contributed by atoms with van der Waals surface area (Å²) in [7, 11) is 0. The van der Waals surface area contributed by atoms with E-state index >= 15 is 0 Å². The molecule has 1 heterocycles. The van der Waals surface area contributed by atoms with E-state index in [1.807, 2.05) is 24.3 Å². The first-order valence-corrected chi connectivity index (χ1v) is 6.99. The number of nitrogens with one attached hydrogen (secondary N) is 2. The van der Waals surface area contributed by atoms with Crippen LogP contribution >= 0.6 is 22.6 Å². The van der Waals surface area contributed by atoms with Crippen LogP contribution in [-0.2, 0) is 14.4 Å². The quantitative estimate of drug-likeness (QED) is 0.626. The third-order valence-corrected chi connectivity index (χ3v) is 3.55. The molecule has 3 amide bonds. The van der Waals surface area contributed by atoms with E-state index in [-0.39, 0.29) is 42.9 Å². The van der Waals surface area contributed by atoms with Crippen LogP contribution in [0.25, 0.3) is 0 Å². The lowest BCUT2D eigenvalue weighted by Crippen LogP contribution is -2.39. The van der Waals surface area contributed by atoms with Crippen LogP contribution in [-0.4, -0.2) is 17.7 Å². The molecule has 1 aliphatic heterocycles. The van der Waals surface area contributed by atoms with Crippen LogP contribution in [0.2, 0.25) is 0 Å². The summed E-state index contributed by atoms with van der Waals surface area (Å²) >= 11 is 2.18. The predicted molar refractivity (Wildman–Crippen MR) is 78.3 cm³/mol. The number of carbonyl (C=O) groups is 3. The Morgan fingerprint density at radius 2 is 1.79 bits per heavy atom. The standard InChI is InChI=1S/C13H13IN2O3/c14-9-1-3-10(4-2-9)15-11(17)5-8-6-12(18)16-13(19)7-8/h1-4,8H,5-7H2,(H,15,17)(H,16,18,19). The third-order valence-electron chi connectivity index (χ3n) is 2.83. The summed E-state index contributed by atoms with van der Waals surface area (Å²) in [5, 5.41) is 4.99. The van der Waals surface area contributed by atoms with Crippen LogP contribution in [0.5, 0.6) is 0 Å². The molecule has 0 bridgehead atoms. The van der Waals surface area contributed by atoms with Gasteiger partial charge in [0.05, 0.1) is 0 Å². The van der Waals surface area contributed by atoms with Crippen molar-refractivity contribution in [3.63, 3.8) is 0 Å². The molecule has 0 aromatic heterocycles. The minimum Gasteiger partial charge on any atom is -0.326 e. The maximum absolute atomic E-state index is 11.8. The van der Waals surface area contributed by atoms with Crippen molar-refractivity contribution in [2.45, 2.75) is 19.3 Å². The molecule has 100 valence electrons. The molecule has 0 aliphatic carbocycles.